The van der Waals surface area contributed by atoms with Crippen LogP contribution in [0, 0.1) is 6.92 Å². The van der Waals surface area contributed by atoms with E-state index in [0.29, 0.717) is 30.5 Å². The Labute approximate surface area is 169 Å². The molecule has 0 saturated carbocycles. The van der Waals surface area contributed by atoms with Gasteiger partial charge in [-0.15, -0.1) is 0 Å². The van der Waals surface area contributed by atoms with Crippen molar-refractivity contribution in [3.8, 4) is 11.5 Å². The van der Waals surface area contributed by atoms with E-state index in [9.17, 15) is 0 Å². The van der Waals surface area contributed by atoms with Crippen LogP contribution in [0.1, 0.15) is 11.4 Å². The normalized spacial score (nSPS) is 10.9. The molecule has 142 valence electrons. The Balaban J connectivity index is 1.51. The van der Waals surface area contributed by atoms with E-state index in [1.807, 2.05) is 66.7 Å². The Bertz CT molecular complexity index is 1070. The molecule has 0 aliphatic heterocycles. The third-order valence-corrected chi connectivity index (χ3v) is 4.84. The van der Waals surface area contributed by atoms with E-state index in [4.69, 9.17) is 26.1 Å². The smallest absolute Gasteiger partial charge is 0.148 e. The molecule has 1 aromatic heterocycles. The fraction of sp³-hybridized carbons (Fsp3) is 0.174. The zero-order valence-corrected chi connectivity index (χ0v) is 16.4. The van der Waals surface area contributed by atoms with Crippen LogP contribution >= 0.6 is 11.6 Å². The van der Waals surface area contributed by atoms with Crippen molar-refractivity contribution in [2.75, 3.05) is 6.61 Å². The predicted octanol–water partition coefficient (Wildman–Crippen LogP) is 5.66. The minimum Gasteiger partial charge on any atom is -0.492 e. The van der Waals surface area contributed by atoms with Crippen molar-refractivity contribution >= 4 is 22.6 Å². The fourth-order valence-corrected chi connectivity index (χ4v) is 3.27. The van der Waals surface area contributed by atoms with Crippen molar-refractivity contribution in [3.05, 3.63) is 89.2 Å². The molecule has 0 atom stereocenters. The molecule has 4 nitrogen and oxygen atoms in total. The first-order valence-corrected chi connectivity index (χ1v) is 9.59. The number of rotatable bonds is 7. The number of aryl methyl sites for hydroxylation is 1. The van der Waals surface area contributed by atoms with Crippen LogP contribution in [0.25, 0.3) is 11.0 Å². The minimum absolute atomic E-state index is 0.336. The molecule has 0 saturated heterocycles. The molecule has 0 amide bonds. The van der Waals surface area contributed by atoms with E-state index < -0.39 is 0 Å². The van der Waals surface area contributed by atoms with Gasteiger partial charge in [-0.1, -0.05) is 53.6 Å². The van der Waals surface area contributed by atoms with Gasteiger partial charge in [0.2, 0.25) is 0 Å². The summed E-state index contributed by atoms with van der Waals surface area (Å²) in [5, 5.41) is 0.591. The standard InChI is InChI=1S/C23H21ClN2O2/c1-17-10-12-18(13-11-17)27-15-14-26-21-8-4-3-7-20(21)25-23(26)16-28-22-9-5-2-6-19(22)24/h2-13H,14-16H2,1H3. The number of para-hydroxylation sites is 3. The van der Waals surface area contributed by atoms with Gasteiger partial charge in [0.05, 0.1) is 22.6 Å². The molecule has 0 N–H and O–H groups in total. The highest BCUT2D eigenvalue weighted by atomic mass is 35.5. The van der Waals surface area contributed by atoms with Gasteiger partial charge in [0.1, 0.15) is 30.5 Å². The van der Waals surface area contributed by atoms with Gasteiger partial charge in [-0.25, -0.2) is 4.98 Å². The van der Waals surface area contributed by atoms with Crippen LogP contribution in [-0.4, -0.2) is 16.2 Å². The maximum atomic E-state index is 6.20. The van der Waals surface area contributed by atoms with E-state index in [1.54, 1.807) is 0 Å². The van der Waals surface area contributed by atoms with Gasteiger partial charge in [0, 0.05) is 0 Å². The summed E-state index contributed by atoms with van der Waals surface area (Å²) in [7, 11) is 0. The highest BCUT2D eigenvalue weighted by Crippen LogP contribution is 2.25. The minimum atomic E-state index is 0.336. The molecule has 0 radical (unpaired) electrons. The third-order valence-electron chi connectivity index (χ3n) is 4.53. The SMILES string of the molecule is Cc1ccc(OCCn2c(COc3ccccc3Cl)nc3ccccc32)cc1. The second-order valence-electron chi connectivity index (χ2n) is 6.55. The first-order valence-electron chi connectivity index (χ1n) is 9.21. The molecule has 0 unspecified atom stereocenters. The van der Waals surface area contributed by atoms with Gasteiger partial charge >= 0.3 is 0 Å². The number of benzene rings is 3. The highest BCUT2D eigenvalue weighted by molar-refractivity contribution is 6.32. The molecule has 0 bridgehead atoms. The van der Waals surface area contributed by atoms with Gasteiger partial charge in [-0.3, -0.25) is 0 Å². The average Bonchev–Trinajstić information content (AvgIpc) is 3.06. The van der Waals surface area contributed by atoms with Crippen LogP contribution in [0.2, 0.25) is 5.02 Å². The second kappa shape index (κ2) is 8.36. The Kier molecular flexibility index (Phi) is 5.49. The molecule has 3 aromatic carbocycles. The predicted molar refractivity (Wildman–Crippen MR) is 112 cm³/mol. The lowest BCUT2D eigenvalue weighted by Gasteiger charge is -2.12. The molecule has 0 aliphatic rings. The van der Waals surface area contributed by atoms with Crippen molar-refractivity contribution in [2.24, 2.45) is 0 Å². The summed E-state index contributed by atoms with van der Waals surface area (Å²) in [5.41, 5.74) is 3.22. The van der Waals surface area contributed by atoms with Crippen molar-refractivity contribution in [3.63, 3.8) is 0 Å². The Hall–Kier alpha value is -2.98. The van der Waals surface area contributed by atoms with Crippen molar-refractivity contribution in [1.82, 2.24) is 9.55 Å². The summed E-state index contributed by atoms with van der Waals surface area (Å²) >= 11 is 6.20. The number of aromatic nitrogens is 2. The van der Waals surface area contributed by atoms with Gasteiger partial charge < -0.3 is 14.0 Å². The number of imidazole rings is 1. The first-order chi connectivity index (χ1) is 13.7. The summed E-state index contributed by atoms with van der Waals surface area (Å²) < 4.78 is 14.0. The molecule has 0 aliphatic carbocycles. The maximum absolute atomic E-state index is 6.20. The average molecular weight is 393 g/mol. The zero-order chi connectivity index (χ0) is 19.3. The van der Waals surface area contributed by atoms with E-state index in [-0.39, 0.29) is 0 Å². The molecule has 5 heteroatoms. The van der Waals surface area contributed by atoms with Crippen molar-refractivity contribution in [2.45, 2.75) is 20.1 Å². The molecule has 4 aromatic rings. The van der Waals surface area contributed by atoms with Crippen molar-refractivity contribution < 1.29 is 9.47 Å². The van der Waals surface area contributed by atoms with E-state index in [0.717, 1.165) is 22.6 Å². The lowest BCUT2D eigenvalue weighted by molar-refractivity contribution is 0.272. The summed E-state index contributed by atoms with van der Waals surface area (Å²) in [6, 6.07) is 23.6. The van der Waals surface area contributed by atoms with Crippen molar-refractivity contribution in [1.29, 1.82) is 0 Å². The van der Waals surface area contributed by atoms with Crippen LogP contribution in [0.5, 0.6) is 11.5 Å². The molecule has 28 heavy (non-hydrogen) atoms. The number of halogens is 1. The van der Waals surface area contributed by atoms with Gasteiger partial charge in [-0.2, -0.15) is 0 Å². The van der Waals surface area contributed by atoms with Crippen LogP contribution in [0.3, 0.4) is 0 Å². The van der Waals surface area contributed by atoms with E-state index in [1.165, 1.54) is 5.56 Å². The number of ether oxygens (including phenoxy) is 2. The highest BCUT2D eigenvalue weighted by Gasteiger charge is 2.12. The fourth-order valence-electron chi connectivity index (χ4n) is 3.08. The molecule has 1 heterocycles. The lowest BCUT2D eigenvalue weighted by atomic mass is 10.2. The van der Waals surface area contributed by atoms with Crippen LogP contribution < -0.4 is 9.47 Å². The summed E-state index contributed by atoms with van der Waals surface area (Å²) in [6.07, 6.45) is 0. The molecular formula is C23H21ClN2O2. The van der Waals surface area contributed by atoms with Gasteiger partial charge in [-0.05, 0) is 43.3 Å². The van der Waals surface area contributed by atoms with Crippen LogP contribution in [0.4, 0.5) is 0 Å². The quantitative estimate of drug-likeness (QED) is 0.407. The summed E-state index contributed by atoms with van der Waals surface area (Å²) in [6.45, 7) is 3.62. The number of nitrogens with zero attached hydrogens (tertiary/aromatic N) is 2. The Morgan fingerprint density at radius 3 is 2.46 bits per heavy atom. The van der Waals surface area contributed by atoms with Crippen LogP contribution in [0.15, 0.2) is 72.8 Å². The monoisotopic (exact) mass is 392 g/mol. The molecule has 4 rings (SSSR count). The largest absolute Gasteiger partial charge is 0.492 e. The number of hydrogen-bond acceptors (Lipinski definition) is 3. The third kappa shape index (κ3) is 4.12. The first kappa shape index (κ1) is 18.4. The second-order valence-corrected chi connectivity index (χ2v) is 6.96. The van der Waals surface area contributed by atoms with Gasteiger partial charge in [0.15, 0.2) is 0 Å². The van der Waals surface area contributed by atoms with E-state index >= 15 is 0 Å². The zero-order valence-electron chi connectivity index (χ0n) is 15.6. The lowest BCUT2D eigenvalue weighted by Crippen LogP contribution is -2.13. The molecule has 0 fully saturated rings. The Morgan fingerprint density at radius 2 is 1.64 bits per heavy atom. The number of fused-ring (bicyclic) bond motifs is 1. The van der Waals surface area contributed by atoms with E-state index in [2.05, 4.69) is 17.6 Å². The van der Waals surface area contributed by atoms with Crippen LogP contribution in [-0.2, 0) is 13.2 Å². The Morgan fingerprint density at radius 1 is 0.893 bits per heavy atom. The number of hydrogen-bond donors (Lipinski definition) is 0. The summed E-state index contributed by atoms with van der Waals surface area (Å²) in [5.74, 6) is 2.36. The summed E-state index contributed by atoms with van der Waals surface area (Å²) in [4.78, 5) is 4.73. The maximum Gasteiger partial charge on any atom is 0.148 e. The topological polar surface area (TPSA) is 36.3 Å². The van der Waals surface area contributed by atoms with Gasteiger partial charge in [0.25, 0.3) is 0 Å². The molecular weight excluding hydrogens is 372 g/mol. The molecule has 0 spiro atoms.